The van der Waals surface area contributed by atoms with E-state index in [1.54, 1.807) is 25.3 Å². The maximum atomic E-state index is 12.5. The van der Waals surface area contributed by atoms with Gasteiger partial charge in [-0.1, -0.05) is 31.2 Å². The normalized spacial score (nSPS) is 11.8. The molecule has 1 atom stereocenters. The number of Topliss-reactive ketones (excluding diaryl/α,β-unsaturated/α-hetero) is 1. The van der Waals surface area contributed by atoms with Crippen LogP contribution in [-0.2, 0) is 11.2 Å². The molecule has 6 heteroatoms. The summed E-state index contributed by atoms with van der Waals surface area (Å²) in [6.07, 6.45) is 1.28. The van der Waals surface area contributed by atoms with E-state index in [2.05, 4.69) is 41.4 Å². The number of methoxy groups -OCH3 is 2. The second-order valence-corrected chi connectivity index (χ2v) is 7.37. The molecule has 0 bridgehead atoms. The number of hydrogen-bond donors (Lipinski definition) is 1. The molecule has 0 saturated heterocycles. The van der Waals surface area contributed by atoms with Gasteiger partial charge in [-0.3, -0.25) is 9.59 Å². The molecule has 2 rings (SSSR count). The van der Waals surface area contributed by atoms with Crippen molar-refractivity contribution in [3.63, 3.8) is 0 Å². The van der Waals surface area contributed by atoms with E-state index in [9.17, 15) is 9.59 Å². The number of ether oxygens (including phenoxy) is 2. The van der Waals surface area contributed by atoms with E-state index < -0.39 is 0 Å². The average molecular weight is 413 g/mol. The highest BCUT2D eigenvalue weighted by atomic mass is 16.5. The first-order valence-electron chi connectivity index (χ1n) is 10.2. The topological polar surface area (TPSA) is 67.9 Å². The number of benzene rings is 2. The van der Waals surface area contributed by atoms with E-state index in [1.807, 2.05) is 14.1 Å². The van der Waals surface area contributed by atoms with Gasteiger partial charge in [0.1, 0.15) is 0 Å². The molecule has 2 aromatic rings. The van der Waals surface area contributed by atoms with Gasteiger partial charge in [0.15, 0.2) is 17.3 Å². The lowest BCUT2D eigenvalue weighted by Gasteiger charge is -2.25. The van der Waals surface area contributed by atoms with Crippen molar-refractivity contribution in [1.82, 2.24) is 10.2 Å². The Morgan fingerprint density at radius 2 is 1.63 bits per heavy atom. The Morgan fingerprint density at radius 3 is 2.20 bits per heavy atom. The number of ketones is 1. The molecule has 0 spiro atoms. The van der Waals surface area contributed by atoms with Crippen molar-refractivity contribution in [3.8, 4) is 11.5 Å². The van der Waals surface area contributed by atoms with Crippen molar-refractivity contribution >= 4 is 11.7 Å². The maximum absolute atomic E-state index is 12.5. The monoisotopic (exact) mass is 412 g/mol. The predicted molar refractivity (Wildman–Crippen MR) is 118 cm³/mol. The Kier molecular flexibility index (Phi) is 8.87. The molecular formula is C24H32N2O4. The molecular weight excluding hydrogens is 380 g/mol. The molecule has 6 nitrogen and oxygen atoms in total. The molecule has 162 valence electrons. The van der Waals surface area contributed by atoms with Crippen LogP contribution in [-0.4, -0.2) is 51.5 Å². The highest BCUT2D eigenvalue weighted by Gasteiger charge is 2.17. The second kappa shape index (κ2) is 11.4. The Balaban J connectivity index is 1.90. The molecule has 2 aromatic carbocycles. The third-order valence-electron chi connectivity index (χ3n) is 5.17. The zero-order chi connectivity index (χ0) is 22.1. The fourth-order valence-corrected chi connectivity index (χ4v) is 3.25. The standard InChI is InChI=1S/C24H32N2O4/c1-6-17-7-9-18(10-8-17)20(26(2)3)16-25-24(28)14-12-21(27)19-11-13-22(29-4)23(15-19)30-5/h7-11,13,15,20H,6,12,14,16H2,1-5H3,(H,25,28). The molecule has 1 amide bonds. The minimum Gasteiger partial charge on any atom is -0.493 e. The minimum atomic E-state index is -0.138. The Bertz CT molecular complexity index is 847. The Morgan fingerprint density at radius 1 is 0.967 bits per heavy atom. The van der Waals surface area contributed by atoms with Gasteiger partial charge in [-0.25, -0.2) is 0 Å². The van der Waals surface area contributed by atoms with Gasteiger partial charge < -0.3 is 19.7 Å². The van der Waals surface area contributed by atoms with Crippen molar-refractivity contribution in [2.45, 2.75) is 32.2 Å². The van der Waals surface area contributed by atoms with Gasteiger partial charge >= 0.3 is 0 Å². The van der Waals surface area contributed by atoms with Crippen LogP contribution in [0.1, 0.15) is 47.3 Å². The number of nitrogens with one attached hydrogen (secondary N) is 1. The number of amides is 1. The van der Waals surface area contributed by atoms with Crippen LogP contribution < -0.4 is 14.8 Å². The summed E-state index contributed by atoms with van der Waals surface area (Å²) >= 11 is 0. The summed E-state index contributed by atoms with van der Waals surface area (Å²) in [5.74, 6) is 0.815. The number of aryl methyl sites for hydroxylation is 1. The van der Waals surface area contributed by atoms with Crippen LogP contribution in [0.4, 0.5) is 0 Å². The van der Waals surface area contributed by atoms with Gasteiger partial charge in [0.2, 0.25) is 5.91 Å². The Labute approximate surface area is 179 Å². The van der Waals surface area contributed by atoms with Crippen LogP contribution in [0.15, 0.2) is 42.5 Å². The van der Waals surface area contributed by atoms with Crippen LogP contribution in [0, 0.1) is 0 Å². The summed E-state index contributed by atoms with van der Waals surface area (Å²) in [6.45, 7) is 2.61. The third kappa shape index (κ3) is 6.32. The van der Waals surface area contributed by atoms with Crippen LogP contribution in [0.5, 0.6) is 11.5 Å². The van der Waals surface area contributed by atoms with Crippen LogP contribution in [0.3, 0.4) is 0 Å². The van der Waals surface area contributed by atoms with E-state index in [1.165, 1.54) is 12.7 Å². The minimum absolute atomic E-state index is 0.0707. The number of likely N-dealkylation sites (N-methyl/N-ethyl adjacent to an activating group) is 1. The van der Waals surface area contributed by atoms with Gasteiger partial charge in [-0.2, -0.15) is 0 Å². The summed E-state index contributed by atoms with van der Waals surface area (Å²) in [4.78, 5) is 26.9. The van der Waals surface area contributed by atoms with Crippen molar-refractivity contribution in [2.24, 2.45) is 0 Å². The van der Waals surface area contributed by atoms with Gasteiger partial charge in [-0.15, -0.1) is 0 Å². The number of rotatable bonds is 11. The molecule has 0 aromatic heterocycles. The van der Waals surface area contributed by atoms with E-state index in [-0.39, 0.29) is 30.6 Å². The summed E-state index contributed by atoms with van der Waals surface area (Å²) in [5.41, 5.74) is 2.94. The number of carbonyl (C=O) groups is 2. The SMILES string of the molecule is CCc1ccc(C(CNC(=O)CCC(=O)c2ccc(OC)c(OC)c2)N(C)C)cc1. The molecule has 0 radical (unpaired) electrons. The Hall–Kier alpha value is -2.86. The first kappa shape index (κ1) is 23.4. The number of hydrogen-bond acceptors (Lipinski definition) is 5. The molecule has 0 fully saturated rings. The van der Waals surface area contributed by atoms with Gasteiger partial charge in [0.25, 0.3) is 0 Å². The zero-order valence-electron chi connectivity index (χ0n) is 18.5. The summed E-state index contributed by atoms with van der Waals surface area (Å²) in [5, 5.41) is 2.96. The summed E-state index contributed by atoms with van der Waals surface area (Å²) in [7, 11) is 7.05. The first-order valence-corrected chi connectivity index (χ1v) is 10.2. The maximum Gasteiger partial charge on any atom is 0.220 e. The van der Waals surface area contributed by atoms with Crippen molar-refractivity contribution in [3.05, 3.63) is 59.2 Å². The van der Waals surface area contributed by atoms with Crippen LogP contribution in [0.25, 0.3) is 0 Å². The molecule has 1 N–H and O–H groups in total. The smallest absolute Gasteiger partial charge is 0.220 e. The third-order valence-corrected chi connectivity index (χ3v) is 5.17. The summed E-state index contributed by atoms with van der Waals surface area (Å²) < 4.78 is 10.4. The quantitative estimate of drug-likeness (QED) is 0.571. The average Bonchev–Trinajstić information content (AvgIpc) is 2.77. The van der Waals surface area contributed by atoms with Crippen molar-refractivity contribution in [2.75, 3.05) is 34.9 Å². The van der Waals surface area contributed by atoms with E-state index in [0.29, 0.717) is 23.6 Å². The molecule has 30 heavy (non-hydrogen) atoms. The largest absolute Gasteiger partial charge is 0.493 e. The highest BCUT2D eigenvalue weighted by molar-refractivity contribution is 5.98. The predicted octanol–water partition coefficient (Wildman–Crippen LogP) is 3.65. The highest BCUT2D eigenvalue weighted by Crippen LogP contribution is 2.28. The molecule has 0 aliphatic heterocycles. The lowest BCUT2D eigenvalue weighted by Crippen LogP contribution is -2.34. The van der Waals surface area contributed by atoms with Crippen molar-refractivity contribution in [1.29, 1.82) is 0 Å². The first-order chi connectivity index (χ1) is 14.4. The fourth-order valence-electron chi connectivity index (χ4n) is 3.25. The van der Waals surface area contributed by atoms with Gasteiger partial charge in [-0.05, 0) is 49.8 Å². The van der Waals surface area contributed by atoms with Gasteiger partial charge in [0.05, 0.1) is 20.3 Å². The summed E-state index contributed by atoms with van der Waals surface area (Å²) in [6, 6.07) is 13.5. The fraction of sp³-hybridized carbons (Fsp3) is 0.417. The van der Waals surface area contributed by atoms with Crippen LogP contribution >= 0.6 is 0 Å². The molecule has 0 aliphatic carbocycles. The second-order valence-electron chi connectivity index (χ2n) is 7.37. The van der Waals surface area contributed by atoms with E-state index in [0.717, 1.165) is 12.0 Å². The lowest BCUT2D eigenvalue weighted by molar-refractivity contribution is -0.121. The molecule has 1 unspecified atom stereocenters. The van der Waals surface area contributed by atoms with E-state index >= 15 is 0 Å². The van der Waals surface area contributed by atoms with Gasteiger partial charge in [0, 0.05) is 24.9 Å². The number of nitrogens with zero attached hydrogens (tertiary/aromatic N) is 1. The lowest BCUT2D eigenvalue weighted by atomic mass is 10.0. The molecule has 0 heterocycles. The van der Waals surface area contributed by atoms with Crippen LogP contribution in [0.2, 0.25) is 0 Å². The zero-order valence-corrected chi connectivity index (χ0v) is 18.5. The number of carbonyl (C=O) groups excluding carboxylic acids is 2. The molecule has 0 saturated carbocycles. The van der Waals surface area contributed by atoms with E-state index in [4.69, 9.17) is 9.47 Å². The van der Waals surface area contributed by atoms with Crippen molar-refractivity contribution < 1.29 is 19.1 Å². The molecule has 0 aliphatic rings.